The number of nitrogens with zero attached hydrogens (tertiary/aromatic N) is 1. The van der Waals surface area contributed by atoms with Crippen molar-refractivity contribution in [3.05, 3.63) is 48.2 Å². The monoisotopic (exact) mass is 437 g/mol. The van der Waals surface area contributed by atoms with Crippen molar-refractivity contribution in [2.75, 3.05) is 25.6 Å². The maximum atomic E-state index is 13.1. The molecule has 3 aromatic rings. The average Bonchev–Trinajstić information content (AvgIpc) is 3.12. The van der Waals surface area contributed by atoms with Crippen molar-refractivity contribution in [1.29, 1.82) is 0 Å². The van der Waals surface area contributed by atoms with Gasteiger partial charge in [0.15, 0.2) is 11.5 Å². The van der Waals surface area contributed by atoms with Crippen molar-refractivity contribution in [2.45, 2.75) is 19.9 Å². The highest BCUT2D eigenvalue weighted by atomic mass is 16.6. The molecule has 0 aliphatic carbocycles. The Balaban J connectivity index is 1.52. The number of aromatic nitrogens is 1. The number of carbonyl (C=O) groups excluding carboxylic acids is 2. The minimum Gasteiger partial charge on any atom is -0.497 e. The van der Waals surface area contributed by atoms with E-state index in [1.54, 1.807) is 35.9 Å². The van der Waals surface area contributed by atoms with Crippen LogP contribution in [0.25, 0.3) is 10.9 Å². The largest absolute Gasteiger partial charge is 0.497 e. The molecule has 168 valence electrons. The maximum Gasteiger partial charge on any atom is 0.268 e. The number of amides is 2. The third-order valence-electron chi connectivity index (χ3n) is 5.53. The van der Waals surface area contributed by atoms with E-state index in [0.717, 1.165) is 10.9 Å². The van der Waals surface area contributed by atoms with E-state index in [2.05, 4.69) is 10.6 Å². The molecular formula is C24H27N3O5. The second-order valence-electron chi connectivity index (χ2n) is 8.06. The van der Waals surface area contributed by atoms with Crippen LogP contribution in [0.1, 0.15) is 24.3 Å². The fourth-order valence-electron chi connectivity index (χ4n) is 3.76. The number of fused-ring (bicyclic) bond motifs is 2. The molecule has 8 heteroatoms. The molecule has 1 atom stereocenters. The van der Waals surface area contributed by atoms with E-state index in [0.29, 0.717) is 41.8 Å². The van der Waals surface area contributed by atoms with Crippen LogP contribution >= 0.6 is 0 Å². The number of ether oxygens (including phenoxy) is 3. The fraction of sp³-hybridized carbons (Fsp3) is 0.333. The molecule has 0 bridgehead atoms. The summed E-state index contributed by atoms with van der Waals surface area (Å²) in [5.41, 5.74) is 1.94. The zero-order valence-electron chi connectivity index (χ0n) is 18.6. The lowest BCUT2D eigenvalue weighted by Gasteiger charge is -2.23. The lowest BCUT2D eigenvalue weighted by atomic mass is 10.0. The van der Waals surface area contributed by atoms with Crippen LogP contribution in [-0.4, -0.2) is 42.7 Å². The van der Waals surface area contributed by atoms with Gasteiger partial charge in [-0.15, -0.1) is 0 Å². The number of benzene rings is 2. The number of hydrogen-bond acceptors (Lipinski definition) is 5. The van der Waals surface area contributed by atoms with E-state index in [9.17, 15) is 9.59 Å². The fourth-order valence-corrected chi connectivity index (χ4v) is 3.76. The molecule has 8 nitrogen and oxygen atoms in total. The highest BCUT2D eigenvalue weighted by Crippen LogP contribution is 2.32. The molecule has 32 heavy (non-hydrogen) atoms. The van der Waals surface area contributed by atoms with Gasteiger partial charge in [0, 0.05) is 29.7 Å². The third-order valence-corrected chi connectivity index (χ3v) is 5.53. The minimum atomic E-state index is -0.719. The van der Waals surface area contributed by atoms with Crippen LogP contribution in [0.2, 0.25) is 0 Å². The van der Waals surface area contributed by atoms with Crippen molar-refractivity contribution < 1.29 is 23.8 Å². The smallest absolute Gasteiger partial charge is 0.268 e. The van der Waals surface area contributed by atoms with E-state index in [4.69, 9.17) is 14.2 Å². The Labute approximate surface area is 186 Å². The van der Waals surface area contributed by atoms with E-state index in [-0.39, 0.29) is 17.7 Å². The molecule has 2 heterocycles. The standard InChI is InChI=1S/C24H27N3O5/c1-14(2)22(24(29)25-16-5-8-20-21(13-16)32-10-9-31-20)26-23(28)19-12-15-11-17(30-4)6-7-18(15)27(19)3/h5-8,11-14,22H,9-10H2,1-4H3,(H,25,29)(H,26,28)/t22-/m1/s1. The van der Waals surface area contributed by atoms with E-state index in [1.807, 2.05) is 39.1 Å². The van der Waals surface area contributed by atoms with Gasteiger partial charge in [-0.25, -0.2) is 0 Å². The molecule has 1 aliphatic heterocycles. The summed E-state index contributed by atoms with van der Waals surface area (Å²) in [4.78, 5) is 26.1. The minimum absolute atomic E-state index is 0.120. The number of methoxy groups -OCH3 is 1. The zero-order valence-corrected chi connectivity index (χ0v) is 18.6. The first kappa shape index (κ1) is 21.5. The normalized spacial score (nSPS) is 13.7. The Hall–Kier alpha value is -3.68. The number of carbonyl (C=O) groups is 2. The molecule has 2 amide bonds. The van der Waals surface area contributed by atoms with Gasteiger partial charge in [-0.3, -0.25) is 9.59 Å². The molecular weight excluding hydrogens is 410 g/mol. The Kier molecular flexibility index (Phi) is 5.94. The molecule has 0 spiro atoms. The predicted octanol–water partition coefficient (Wildman–Crippen LogP) is 3.35. The number of rotatable bonds is 6. The van der Waals surface area contributed by atoms with Gasteiger partial charge in [0.05, 0.1) is 7.11 Å². The molecule has 0 saturated carbocycles. The summed E-state index contributed by atoms with van der Waals surface area (Å²) in [6.45, 7) is 4.74. The maximum absolute atomic E-state index is 13.1. The Morgan fingerprint density at radius 1 is 1.03 bits per heavy atom. The van der Waals surface area contributed by atoms with Crippen LogP contribution in [0.3, 0.4) is 0 Å². The topological polar surface area (TPSA) is 90.8 Å². The highest BCUT2D eigenvalue weighted by molar-refractivity contribution is 6.03. The Bertz CT molecular complexity index is 1170. The van der Waals surface area contributed by atoms with Gasteiger partial charge in [-0.05, 0) is 42.3 Å². The van der Waals surface area contributed by atoms with Crippen molar-refractivity contribution >= 4 is 28.4 Å². The van der Waals surface area contributed by atoms with Crippen LogP contribution in [-0.2, 0) is 11.8 Å². The third kappa shape index (κ3) is 4.21. The molecule has 0 saturated heterocycles. The number of hydrogen-bond donors (Lipinski definition) is 2. The molecule has 1 aliphatic rings. The lowest BCUT2D eigenvalue weighted by molar-refractivity contribution is -0.118. The highest BCUT2D eigenvalue weighted by Gasteiger charge is 2.26. The van der Waals surface area contributed by atoms with Gasteiger partial charge in [-0.1, -0.05) is 13.8 Å². The first-order valence-corrected chi connectivity index (χ1v) is 10.5. The van der Waals surface area contributed by atoms with Crippen molar-refractivity contribution in [2.24, 2.45) is 13.0 Å². The van der Waals surface area contributed by atoms with E-state index in [1.165, 1.54) is 0 Å². The van der Waals surface area contributed by atoms with Crippen LogP contribution in [0.5, 0.6) is 17.2 Å². The predicted molar refractivity (Wildman–Crippen MR) is 122 cm³/mol. The summed E-state index contributed by atoms with van der Waals surface area (Å²) in [7, 11) is 3.43. The van der Waals surface area contributed by atoms with Crippen molar-refractivity contribution in [3.8, 4) is 17.2 Å². The van der Waals surface area contributed by atoms with Crippen LogP contribution in [0.4, 0.5) is 5.69 Å². The second-order valence-corrected chi connectivity index (χ2v) is 8.06. The van der Waals surface area contributed by atoms with Crippen LogP contribution < -0.4 is 24.8 Å². The summed E-state index contributed by atoms with van der Waals surface area (Å²) in [5, 5.41) is 6.65. The van der Waals surface area contributed by atoms with Crippen molar-refractivity contribution in [1.82, 2.24) is 9.88 Å². The molecule has 1 aromatic heterocycles. The summed E-state index contributed by atoms with van der Waals surface area (Å²) in [6, 6.07) is 11.9. The first-order valence-electron chi connectivity index (χ1n) is 10.5. The second kappa shape index (κ2) is 8.82. The quantitative estimate of drug-likeness (QED) is 0.617. The van der Waals surface area contributed by atoms with Crippen LogP contribution in [0.15, 0.2) is 42.5 Å². The molecule has 2 aromatic carbocycles. The average molecular weight is 437 g/mol. The summed E-state index contributed by atoms with van der Waals surface area (Å²) in [6.07, 6.45) is 0. The number of anilines is 1. The Morgan fingerprint density at radius 2 is 1.78 bits per heavy atom. The SMILES string of the molecule is COc1ccc2c(c1)cc(C(=O)N[C@@H](C(=O)Nc1ccc3c(c1)OCCO3)C(C)C)n2C. The summed E-state index contributed by atoms with van der Waals surface area (Å²) >= 11 is 0. The van der Waals surface area contributed by atoms with Gasteiger partial charge in [0.2, 0.25) is 5.91 Å². The molecule has 0 unspecified atom stereocenters. The molecule has 4 rings (SSSR count). The molecule has 2 N–H and O–H groups in total. The van der Waals surface area contributed by atoms with Gasteiger partial charge >= 0.3 is 0 Å². The zero-order chi connectivity index (χ0) is 22.8. The van der Waals surface area contributed by atoms with E-state index < -0.39 is 6.04 Å². The lowest BCUT2D eigenvalue weighted by Crippen LogP contribution is -2.47. The van der Waals surface area contributed by atoms with Gasteiger partial charge in [0.1, 0.15) is 30.7 Å². The van der Waals surface area contributed by atoms with Gasteiger partial charge < -0.3 is 29.4 Å². The van der Waals surface area contributed by atoms with Gasteiger partial charge in [0.25, 0.3) is 5.91 Å². The van der Waals surface area contributed by atoms with Gasteiger partial charge in [-0.2, -0.15) is 0 Å². The number of nitrogens with one attached hydrogen (secondary N) is 2. The number of aryl methyl sites for hydroxylation is 1. The molecule has 0 fully saturated rings. The van der Waals surface area contributed by atoms with E-state index >= 15 is 0 Å². The molecule has 0 radical (unpaired) electrons. The first-order chi connectivity index (χ1) is 15.4. The van der Waals surface area contributed by atoms with Crippen LogP contribution in [0, 0.1) is 5.92 Å². The summed E-state index contributed by atoms with van der Waals surface area (Å²) in [5.74, 6) is 1.21. The summed E-state index contributed by atoms with van der Waals surface area (Å²) < 4.78 is 18.2. The van der Waals surface area contributed by atoms with Crippen molar-refractivity contribution in [3.63, 3.8) is 0 Å². The Morgan fingerprint density at radius 3 is 2.50 bits per heavy atom.